The van der Waals surface area contributed by atoms with Crippen LogP contribution < -0.4 is 5.32 Å². The van der Waals surface area contributed by atoms with Gasteiger partial charge in [0.2, 0.25) is 0 Å². The van der Waals surface area contributed by atoms with E-state index in [0.717, 1.165) is 42.4 Å². The number of nitrogens with zero attached hydrogens (tertiary/aromatic N) is 1. The first kappa shape index (κ1) is 30.0. The normalized spacial score (nSPS) is 11.7. The van der Waals surface area contributed by atoms with Crippen molar-refractivity contribution in [1.29, 1.82) is 0 Å². The van der Waals surface area contributed by atoms with Crippen LogP contribution >= 0.6 is 11.3 Å². The summed E-state index contributed by atoms with van der Waals surface area (Å²) in [6.45, 7) is 6.72. The molecule has 2 N–H and O–H groups in total. The molecule has 10 heteroatoms. The second-order valence-electron chi connectivity index (χ2n) is 9.12. The van der Waals surface area contributed by atoms with Crippen molar-refractivity contribution >= 4 is 34.4 Å². The molecule has 0 atom stereocenters. The Morgan fingerprint density at radius 3 is 2.49 bits per heavy atom. The average Bonchev–Trinajstić information content (AvgIpc) is 3.36. The van der Waals surface area contributed by atoms with E-state index in [1.807, 2.05) is 0 Å². The van der Waals surface area contributed by atoms with E-state index in [1.54, 1.807) is 23.6 Å². The first-order valence-corrected chi connectivity index (χ1v) is 13.6. The maximum atomic E-state index is 15.2. The molecule has 2 aromatic carbocycles. The highest BCUT2D eigenvalue weighted by Crippen LogP contribution is 2.29. The number of carboxylic acid groups (broad SMARTS) is 1. The summed E-state index contributed by atoms with van der Waals surface area (Å²) in [5.41, 5.74) is 0.00539. The number of rotatable bonds is 13. The van der Waals surface area contributed by atoms with Crippen LogP contribution in [-0.2, 0) is 16.0 Å². The third-order valence-electron chi connectivity index (χ3n) is 6.36. The van der Waals surface area contributed by atoms with E-state index < -0.39 is 34.9 Å². The van der Waals surface area contributed by atoms with Gasteiger partial charge in [-0.25, -0.2) is 22.9 Å². The summed E-state index contributed by atoms with van der Waals surface area (Å²) in [4.78, 5) is 27.8. The second-order valence-corrected chi connectivity index (χ2v) is 9.98. The van der Waals surface area contributed by atoms with Crippen LogP contribution in [0.1, 0.15) is 61.5 Å². The van der Waals surface area contributed by atoms with E-state index in [4.69, 9.17) is 9.84 Å². The van der Waals surface area contributed by atoms with E-state index in [-0.39, 0.29) is 21.8 Å². The fraction of sp³-hybridized carbons (Fsp3) is 0.345. The molecule has 0 spiro atoms. The van der Waals surface area contributed by atoms with E-state index in [1.165, 1.54) is 6.92 Å². The number of aliphatic carboxylic acids is 1. The Kier molecular flexibility index (Phi) is 10.8. The number of hydrogen-bond donors (Lipinski definition) is 2. The highest BCUT2D eigenvalue weighted by molar-refractivity contribution is 7.14. The number of benzene rings is 2. The molecule has 0 saturated heterocycles. The lowest BCUT2D eigenvalue weighted by Crippen LogP contribution is -2.13. The lowest BCUT2D eigenvalue weighted by atomic mass is 10.0. The number of halogens is 3. The average molecular weight is 561 g/mol. The second kappa shape index (κ2) is 14.0. The zero-order chi connectivity index (χ0) is 28.5. The molecule has 3 aromatic rings. The molecule has 0 radical (unpaired) electrons. The van der Waals surface area contributed by atoms with E-state index in [2.05, 4.69) is 24.1 Å². The highest BCUT2D eigenvalue weighted by Gasteiger charge is 2.18. The number of amides is 1. The summed E-state index contributed by atoms with van der Waals surface area (Å²) in [6, 6.07) is 6.68. The number of thiazole rings is 1. The topological polar surface area (TPSA) is 88.5 Å². The van der Waals surface area contributed by atoms with Gasteiger partial charge >= 0.3 is 5.97 Å². The highest BCUT2D eigenvalue weighted by atomic mass is 32.1. The molecule has 39 heavy (non-hydrogen) atoms. The number of ether oxygens (including phenoxy) is 1. The van der Waals surface area contributed by atoms with E-state index >= 15 is 4.39 Å². The number of carbonyl (C=O) groups excluding carboxylic acids is 1. The molecule has 0 bridgehead atoms. The Morgan fingerprint density at radius 2 is 1.85 bits per heavy atom. The molecule has 1 aromatic heterocycles. The summed E-state index contributed by atoms with van der Waals surface area (Å²) in [5.74, 6) is -4.17. The first-order valence-electron chi connectivity index (χ1n) is 12.7. The van der Waals surface area contributed by atoms with Crippen LogP contribution in [0, 0.1) is 23.4 Å². The van der Waals surface area contributed by atoms with Crippen molar-refractivity contribution in [3.63, 3.8) is 0 Å². The van der Waals surface area contributed by atoms with Gasteiger partial charge in [-0.15, -0.1) is 11.3 Å². The number of carbonyl (C=O) groups is 2. The van der Waals surface area contributed by atoms with Gasteiger partial charge in [0, 0.05) is 40.9 Å². The fourth-order valence-electron chi connectivity index (χ4n) is 3.87. The number of hydrogen-bond acceptors (Lipinski definition) is 5. The van der Waals surface area contributed by atoms with Crippen LogP contribution in [0.2, 0.25) is 0 Å². The number of aromatic nitrogens is 1. The van der Waals surface area contributed by atoms with Crippen molar-refractivity contribution in [3.05, 3.63) is 75.4 Å². The maximum Gasteiger partial charge on any atom is 0.331 e. The minimum Gasteiger partial charge on any atom is -0.478 e. The summed E-state index contributed by atoms with van der Waals surface area (Å²) < 4.78 is 49.8. The molecule has 1 amide bonds. The van der Waals surface area contributed by atoms with Gasteiger partial charge in [0.25, 0.3) is 5.91 Å². The molecule has 208 valence electrons. The number of carboxylic acids is 1. The van der Waals surface area contributed by atoms with Gasteiger partial charge in [-0.3, -0.25) is 10.1 Å². The van der Waals surface area contributed by atoms with Crippen molar-refractivity contribution in [2.24, 2.45) is 5.92 Å². The van der Waals surface area contributed by atoms with Crippen molar-refractivity contribution in [1.82, 2.24) is 4.98 Å². The Bertz CT molecular complexity index is 1330. The first-order chi connectivity index (χ1) is 18.6. The van der Waals surface area contributed by atoms with Gasteiger partial charge in [0.05, 0.1) is 5.69 Å². The molecule has 0 aliphatic carbocycles. The van der Waals surface area contributed by atoms with E-state index in [9.17, 15) is 18.4 Å². The molecule has 0 unspecified atom stereocenters. The molecule has 0 aliphatic heterocycles. The monoisotopic (exact) mass is 560 g/mol. The SMILES string of the molecule is CCC(CC)COCCCc1cccc(-c2csc(NC(=O)c3cc(F)c(C=C(C)C(=O)O)c(F)c3)n2)c1F. The van der Waals surface area contributed by atoms with E-state index in [0.29, 0.717) is 43.2 Å². The van der Waals surface area contributed by atoms with Crippen molar-refractivity contribution in [2.75, 3.05) is 18.5 Å². The third kappa shape index (κ3) is 8.00. The molecule has 0 aliphatic rings. The maximum absolute atomic E-state index is 15.2. The largest absolute Gasteiger partial charge is 0.478 e. The van der Waals surface area contributed by atoms with Crippen LogP contribution in [-0.4, -0.2) is 35.2 Å². The molecule has 0 saturated carbocycles. The molecular weight excluding hydrogens is 529 g/mol. The van der Waals surface area contributed by atoms with Gasteiger partial charge in [0.15, 0.2) is 5.13 Å². The minimum atomic E-state index is -1.32. The number of aryl methyl sites for hydroxylation is 1. The molecule has 1 heterocycles. The third-order valence-corrected chi connectivity index (χ3v) is 7.12. The zero-order valence-corrected chi connectivity index (χ0v) is 22.8. The predicted octanol–water partition coefficient (Wildman–Crippen LogP) is 7.35. The van der Waals surface area contributed by atoms with Crippen LogP contribution in [0.4, 0.5) is 18.3 Å². The number of anilines is 1. The lowest BCUT2D eigenvalue weighted by Gasteiger charge is -2.12. The van der Waals surface area contributed by atoms with Crippen LogP contribution in [0.15, 0.2) is 41.3 Å². The molecular formula is C29H31F3N2O4S. The van der Waals surface area contributed by atoms with Crippen LogP contribution in [0.25, 0.3) is 17.3 Å². The van der Waals surface area contributed by atoms with Crippen LogP contribution in [0.5, 0.6) is 0 Å². The number of nitrogens with one attached hydrogen (secondary N) is 1. The van der Waals surface area contributed by atoms with Gasteiger partial charge in [0.1, 0.15) is 17.5 Å². The summed E-state index contributed by atoms with van der Waals surface area (Å²) in [5, 5.41) is 13.1. The van der Waals surface area contributed by atoms with Gasteiger partial charge in [-0.05, 0) is 55.5 Å². The zero-order valence-electron chi connectivity index (χ0n) is 22.0. The van der Waals surface area contributed by atoms with Crippen molar-refractivity contribution in [2.45, 2.75) is 46.5 Å². The van der Waals surface area contributed by atoms with Gasteiger partial charge < -0.3 is 9.84 Å². The molecule has 6 nitrogen and oxygen atoms in total. The Labute approximate surface area is 229 Å². The summed E-state index contributed by atoms with van der Waals surface area (Å²) in [7, 11) is 0. The summed E-state index contributed by atoms with van der Waals surface area (Å²) in [6.07, 6.45) is 4.16. The molecule has 0 fully saturated rings. The standard InChI is InChI=1S/C29H31F3N2O4S/c1-4-18(5-2)15-38-11-7-9-19-8-6-10-21(26(19)32)25-16-39-29(33-25)34-27(35)20-13-23(30)22(24(31)14-20)12-17(3)28(36)37/h6,8,10,12-14,16,18H,4-5,7,9,11,15H2,1-3H3,(H,36,37)(H,33,34,35). The van der Waals surface area contributed by atoms with Gasteiger partial charge in [-0.1, -0.05) is 38.8 Å². The quantitative estimate of drug-likeness (QED) is 0.169. The Hall–Kier alpha value is -3.50. The summed E-state index contributed by atoms with van der Waals surface area (Å²) >= 11 is 1.04. The van der Waals surface area contributed by atoms with Crippen molar-refractivity contribution < 1.29 is 32.6 Å². The Morgan fingerprint density at radius 1 is 1.15 bits per heavy atom. The van der Waals surface area contributed by atoms with Crippen molar-refractivity contribution in [3.8, 4) is 11.3 Å². The fourth-order valence-corrected chi connectivity index (χ4v) is 4.57. The van der Waals surface area contributed by atoms with Crippen LogP contribution in [0.3, 0.4) is 0 Å². The lowest BCUT2D eigenvalue weighted by molar-refractivity contribution is -0.132. The smallest absolute Gasteiger partial charge is 0.331 e. The molecule has 3 rings (SSSR count). The minimum absolute atomic E-state index is 0.126. The Balaban J connectivity index is 1.67. The predicted molar refractivity (Wildman–Crippen MR) is 146 cm³/mol. The van der Waals surface area contributed by atoms with Gasteiger partial charge in [-0.2, -0.15) is 0 Å².